The van der Waals surface area contributed by atoms with Crippen molar-refractivity contribution in [2.45, 2.75) is 13.3 Å². The third kappa shape index (κ3) is 2.40. The summed E-state index contributed by atoms with van der Waals surface area (Å²) in [6.07, 6.45) is 0.486. The van der Waals surface area contributed by atoms with Crippen molar-refractivity contribution < 1.29 is 19.1 Å². The quantitative estimate of drug-likeness (QED) is 0.928. The molecule has 21 heavy (non-hydrogen) atoms. The van der Waals surface area contributed by atoms with Crippen LogP contribution in [0.15, 0.2) is 18.2 Å². The number of halogens is 1. The van der Waals surface area contributed by atoms with Crippen LogP contribution in [-0.4, -0.2) is 35.0 Å². The van der Waals surface area contributed by atoms with E-state index in [1.54, 1.807) is 17.9 Å². The molecule has 0 spiro atoms. The number of hydrogen-bond acceptors (Lipinski definition) is 3. The molecule has 1 aromatic carbocycles. The van der Waals surface area contributed by atoms with Gasteiger partial charge in [0.15, 0.2) is 0 Å². The van der Waals surface area contributed by atoms with Crippen LogP contribution in [0.4, 0.5) is 4.39 Å². The molecular weight excluding hydrogens is 293 g/mol. The number of benzene rings is 1. The Kier molecular flexibility index (Phi) is 3.41. The number of carbonyl (C=O) groups is 2. The van der Waals surface area contributed by atoms with Gasteiger partial charge in [0.2, 0.25) is 0 Å². The Morgan fingerprint density at radius 3 is 2.86 bits per heavy atom. The lowest BCUT2D eigenvalue weighted by molar-refractivity contribution is -0.141. The first-order valence-corrected chi connectivity index (χ1v) is 7.49. The van der Waals surface area contributed by atoms with E-state index in [2.05, 4.69) is 0 Å². The third-order valence-electron chi connectivity index (χ3n) is 3.92. The van der Waals surface area contributed by atoms with Gasteiger partial charge in [0.25, 0.3) is 5.91 Å². The summed E-state index contributed by atoms with van der Waals surface area (Å²) in [5, 5.41) is 9.75. The van der Waals surface area contributed by atoms with Crippen molar-refractivity contribution in [1.82, 2.24) is 4.90 Å². The predicted octanol–water partition coefficient (Wildman–Crippen LogP) is 2.90. The molecule has 4 nitrogen and oxygen atoms in total. The number of fused-ring (bicyclic) bond motifs is 1. The summed E-state index contributed by atoms with van der Waals surface area (Å²) in [4.78, 5) is 25.7. The number of aliphatic carboxylic acids is 1. The van der Waals surface area contributed by atoms with E-state index in [9.17, 15) is 14.0 Å². The molecule has 0 aliphatic carbocycles. The average molecular weight is 307 g/mol. The number of rotatable bonds is 2. The van der Waals surface area contributed by atoms with Crippen LogP contribution >= 0.6 is 11.3 Å². The van der Waals surface area contributed by atoms with Gasteiger partial charge in [-0.05, 0) is 42.5 Å². The number of thiophene rings is 1. The zero-order chi connectivity index (χ0) is 15.1. The Balaban J connectivity index is 1.92. The number of amides is 1. The minimum atomic E-state index is -0.861. The molecule has 1 fully saturated rings. The first-order valence-electron chi connectivity index (χ1n) is 6.68. The van der Waals surface area contributed by atoms with Gasteiger partial charge in [-0.1, -0.05) is 0 Å². The minimum Gasteiger partial charge on any atom is -0.481 e. The highest BCUT2D eigenvalue weighted by Crippen LogP contribution is 2.33. The van der Waals surface area contributed by atoms with Crippen LogP contribution in [0.5, 0.6) is 0 Å². The monoisotopic (exact) mass is 307 g/mol. The van der Waals surface area contributed by atoms with E-state index < -0.39 is 11.9 Å². The van der Waals surface area contributed by atoms with E-state index in [1.807, 2.05) is 0 Å². The highest BCUT2D eigenvalue weighted by atomic mass is 32.1. The molecule has 1 aliphatic rings. The molecule has 2 heterocycles. The van der Waals surface area contributed by atoms with Crippen molar-refractivity contribution in [3.63, 3.8) is 0 Å². The Bertz CT molecular complexity index is 740. The van der Waals surface area contributed by atoms with Crippen LogP contribution in [0.3, 0.4) is 0 Å². The largest absolute Gasteiger partial charge is 0.481 e. The van der Waals surface area contributed by atoms with Crippen molar-refractivity contribution >= 4 is 33.3 Å². The number of carboxylic acids is 1. The number of hydrogen-bond donors (Lipinski definition) is 1. The molecule has 1 unspecified atom stereocenters. The molecule has 3 rings (SSSR count). The smallest absolute Gasteiger partial charge is 0.308 e. The molecule has 0 saturated carbocycles. The zero-order valence-corrected chi connectivity index (χ0v) is 12.2. The van der Waals surface area contributed by atoms with Crippen LogP contribution in [0.25, 0.3) is 10.1 Å². The summed E-state index contributed by atoms with van der Waals surface area (Å²) >= 11 is 1.33. The molecule has 1 aromatic heterocycles. The van der Waals surface area contributed by atoms with Gasteiger partial charge in [-0.25, -0.2) is 4.39 Å². The first kappa shape index (κ1) is 14.0. The number of aryl methyl sites for hydroxylation is 1. The van der Waals surface area contributed by atoms with E-state index in [4.69, 9.17) is 5.11 Å². The second-order valence-corrected chi connectivity index (χ2v) is 6.32. The lowest BCUT2D eigenvalue weighted by atomic mass is 10.1. The predicted molar refractivity (Wildman–Crippen MR) is 78.2 cm³/mol. The molecule has 2 aromatic rings. The molecule has 110 valence electrons. The van der Waals surface area contributed by atoms with Gasteiger partial charge in [-0.3, -0.25) is 9.59 Å². The van der Waals surface area contributed by atoms with Crippen molar-refractivity contribution in [3.05, 3.63) is 34.5 Å². The molecule has 1 saturated heterocycles. The summed E-state index contributed by atoms with van der Waals surface area (Å²) < 4.78 is 14.2. The van der Waals surface area contributed by atoms with Gasteiger partial charge in [-0.2, -0.15) is 0 Å². The second kappa shape index (κ2) is 5.11. The highest BCUT2D eigenvalue weighted by Gasteiger charge is 2.32. The molecule has 1 N–H and O–H groups in total. The maximum Gasteiger partial charge on any atom is 0.308 e. The summed E-state index contributed by atoms with van der Waals surface area (Å²) in [5.74, 6) is -1.83. The van der Waals surface area contributed by atoms with Crippen molar-refractivity contribution in [1.29, 1.82) is 0 Å². The average Bonchev–Trinajstić information content (AvgIpc) is 3.04. The Labute approximate surface area is 124 Å². The minimum absolute atomic E-state index is 0.155. The Hall–Kier alpha value is -1.95. The molecule has 0 radical (unpaired) electrons. The standard InChI is InChI=1S/C15H14FNO3S/c1-8-11-6-10(16)2-3-12(11)21-13(8)14(18)17-5-4-9(7-17)15(19)20/h2-3,6,9H,4-5,7H2,1H3,(H,19,20). The number of likely N-dealkylation sites (tertiary alicyclic amines) is 1. The summed E-state index contributed by atoms with van der Waals surface area (Å²) in [7, 11) is 0. The maximum atomic E-state index is 13.3. The molecular formula is C15H14FNO3S. The molecule has 1 amide bonds. The summed E-state index contributed by atoms with van der Waals surface area (Å²) in [5.41, 5.74) is 0.762. The van der Waals surface area contributed by atoms with E-state index >= 15 is 0 Å². The second-order valence-electron chi connectivity index (χ2n) is 5.27. The van der Waals surface area contributed by atoms with Gasteiger partial charge >= 0.3 is 5.97 Å². The van der Waals surface area contributed by atoms with Crippen molar-refractivity contribution in [2.24, 2.45) is 5.92 Å². The van der Waals surface area contributed by atoms with E-state index in [-0.39, 0.29) is 18.3 Å². The zero-order valence-electron chi connectivity index (χ0n) is 11.4. The fourth-order valence-electron chi connectivity index (χ4n) is 2.69. The van der Waals surface area contributed by atoms with Crippen LogP contribution in [0, 0.1) is 18.7 Å². The molecule has 6 heteroatoms. The van der Waals surface area contributed by atoms with Gasteiger partial charge in [-0.15, -0.1) is 11.3 Å². The van der Waals surface area contributed by atoms with Crippen LogP contribution < -0.4 is 0 Å². The molecule has 1 atom stereocenters. The fraction of sp³-hybridized carbons (Fsp3) is 0.333. The Morgan fingerprint density at radius 1 is 1.43 bits per heavy atom. The van der Waals surface area contributed by atoms with Gasteiger partial charge < -0.3 is 10.0 Å². The third-order valence-corrected chi connectivity index (χ3v) is 5.18. The normalized spacial score (nSPS) is 18.4. The lowest BCUT2D eigenvalue weighted by Gasteiger charge is -2.15. The number of nitrogens with zero attached hydrogens (tertiary/aromatic N) is 1. The van der Waals surface area contributed by atoms with Crippen molar-refractivity contribution in [3.8, 4) is 0 Å². The summed E-state index contributed by atoms with van der Waals surface area (Å²) in [6, 6.07) is 4.48. The van der Waals surface area contributed by atoms with Crippen LogP contribution in [0.2, 0.25) is 0 Å². The van der Waals surface area contributed by atoms with Crippen LogP contribution in [0.1, 0.15) is 21.7 Å². The first-order chi connectivity index (χ1) is 9.97. The topological polar surface area (TPSA) is 57.6 Å². The maximum absolute atomic E-state index is 13.3. The number of carbonyl (C=O) groups excluding carboxylic acids is 1. The van der Waals surface area contributed by atoms with E-state index in [1.165, 1.54) is 23.5 Å². The SMILES string of the molecule is Cc1c(C(=O)N2CCC(C(=O)O)C2)sc2ccc(F)cc12. The van der Waals surface area contributed by atoms with Gasteiger partial charge in [0.1, 0.15) is 5.82 Å². The molecule has 0 bridgehead atoms. The van der Waals surface area contributed by atoms with E-state index in [0.717, 1.165) is 15.6 Å². The lowest BCUT2D eigenvalue weighted by Crippen LogP contribution is -2.29. The van der Waals surface area contributed by atoms with Gasteiger partial charge in [0, 0.05) is 17.8 Å². The van der Waals surface area contributed by atoms with E-state index in [0.29, 0.717) is 17.8 Å². The van der Waals surface area contributed by atoms with Gasteiger partial charge in [0.05, 0.1) is 10.8 Å². The summed E-state index contributed by atoms with van der Waals surface area (Å²) in [6.45, 7) is 2.50. The highest BCUT2D eigenvalue weighted by molar-refractivity contribution is 7.21. The molecule has 1 aliphatic heterocycles. The Morgan fingerprint density at radius 2 is 2.19 bits per heavy atom. The fourth-order valence-corrected chi connectivity index (χ4v) is 3.84. The van der Waals surface area contributed by atoms with Crippen LogP contribution in [-0.2, 0) is 4.79 Å². The number of carboxylic acid groups (broad SMARTS) is 1. The van der Waals surface area contributed by atoms with Crippen molar-refractivity contribution in [2.75, 3.05) is 13.1 Å².